The maximum absolute atomic E-state index is 13.2. The first-order valence-corrected chi connectivity index (χ1v) is 12.6. The SMILES string of the molecule is O=C(/C=C/CC[C@@H](Oc1ccccc1)[C@H](OC(=O)Nc1ccc2c(c1)OCO2)c1ccccc1OCCO)NO. The van der Waals surface area contributed by atoms with Crippen molar-refractivity contribution < 1.29 is 43.6 Å². The molecule has 0 fully saturated rings. The fourth-order valence-electron chi connectivity index (χ4n) is 4.01. The third kappa shape index (κ3) is 7.88. The Morgan fingerprint density at radius 2 is 1.77 bits per heavy atom. The van der Waals surface area contributed by atoms with Crippen LogP contribution in [0.25, 0.3) is 0 Å². The average Bonchev–Trinajstić information content (AvgIpc) is 3.45. The summed E-state index contributed by atoms with van der Waals surface area (Å²) in [5, 5.41) is 20.8. The van der Waals surface area contributed by atoms with Crippen molar-refractivity contribution >= 4 is 17.7 Å². The topological polar surface area (TPSA) is 145 Å². The lowest BCUT2D eigenvalue weighted by Gasteiger charge is -2.29. The van der Waals surface area contributed by atoms with Crippen LogP contribution >= 0.6 is 0 Å². The molecule has 0 radical (unpaired) electrons. The Kier molecular flexibility index (Phi) is 10.2. The summed E-state index contributed by atoms with van der Waals surface area (Å²) in [6, 6.07) is 21.0. The summed E-state index contributed by atoms with van der Waals surface area (Å²) in [5.74, 6) is 1.36. The Labute approximate surface area is 230 Å². The number of ether oxygens (including phenoxy) is 5. The van der Waals surface area contributed by atoms with Crippen molar-refractivity contribution in [3.05, 3.63) is 90.5 Å². The van der Waals surface area contributed by atoms with Gasteiger partial charge in [0.2, 0.25) is 6.79 Å². The van der Waals surface area contributed by atoms with Gasteiger partial charge in [-0.15, -0.1) is 0 Å². The van der Waals surface area contributed by atoms with Crippen LogP contribution in [0, 0.1) is 0 Å². The van der Waals surface area contributed by atoms with E-state index in [0.29, 0.717) is 47.1 Å². The molecule has 11 nitrogen and oxygen atoms in total. The number of fused-ring (bicyclic) bond motifs is 1. The zero-order valence-electron chi connectivity index (χ0n) is 21.5. The monoisotopic (exact) mass is 550 g/mol. The standard InChI is InChI=1S/C29H30N2O9/c32-16-17-36-23-11-5-4-10-22(23)28(40-29(34)30-20-14-15-24-26(18-20)38-19-37-24)25(12-6-7-13-27(33)31-35)39-21-8-2-1-3-9-21/h1-5,7-11,13-15,18,25,28,32,35H,6,12,16-17,19H2,(H,30,34)(H,31,33)/b13-7+/t25-,28-/m1/s1. The van der Waals surface area contributed by atoms with Gasteiger partial charge in [-0.25, -0.2) is 10.3 Å². The van der Waals surface area contributed by atoms with Crippen LogP contribution < -0.4 is 29.7 Å². The predicted octanol–water partition coefficient (Wildman–Crippen LogP) is 4.37. The van der Waals surface area contributed by atoms with Gasteiger partial charge in [0, 0.05) is 23.4 Å². The number of hydrogen-bond donors (Lipinski definition) is 4. The second-order valence-corrected chi connectivity index (χ2v) is 8.55. The lowest BCUT2D eigenvalue weighted by Crippen LogP contribution is -2.31. The fraction of sp³-hybridized carbons (Fsp3) is 0.241. The molecular weight excluding hydrogens is 520 g/mol. The number of rotatable bonds is 13. The number of carbonyl (C=O) groups is 2. The summed E-state index contributed by atoms with van der Waals surface area (Å²) in [4.78, 5) is 24.6. The number of amides is 2. The highest BCUT2D eigenvalue weighted by Gasteiger charge is 2.31. The number of para-hydroxylation sites is 2. The minimum absolute atomic E-state index is 0.0380. The molecule has 0 aromatic heterocycles. The second kappa shape index (κ2) is 14.4. The van der Waals surface area contributed by atoms with Crippen LogP contribution in [0.5, 0.6) is 23.0 Å². The quantitative estimate of drug-likeness (QED) is 0.139. The summed E-state index contributed by atoms with van der Waals surface area (Å²) >= 11 is 0. The van der Waals surface area contributed by atoms with Crippen molar-refractivity contribution in [3.63, 3.8) is 0 Å². The fourth-order valence-corrected chi connectivity index (χ4v) is 4.01. The Morgan fingerprint density at radius 1 is 1.00 bits per heavy atom. The first-order valence-electron chi connectivity index (χ1n) is 12.6. The van der Waals surface area contributed by atoms with Gasteiger partial charge < -0.3 is 28.8 Å². The molecule has 3 aromatic rings. The molecule has 0 spiro atoms. The van der Waals surface area contributed by atoms with Crippen molar-refractivity contribution in [2.24, 2.45) is 0 Å². The Morgan fingerprint density at radius 3 is 2.58 bits per heavy atom. The van der Waals surface area contributed by atoms with Crippen LogP contribution in [0.2, 0.25) is 0 Å². The molecule has 0 bridgehead atoms. The normalized spacial score (nSPS) is 13.3. The Bertz CT molecular complexity index is 1300. The molecule has 4 rings (SSSR count). The third-order valence-electron chi connectivity index (χ3n) is 5.79. The summed E-state index contributed by atoms with van der Waals surface area (Å²) in [5.41, 5.74) is 2.51. The van der Waals surface area contributed by atoms with E-state index in [4.69, 9.17) is 28.9 Å². The van der Waals surface area contributed by atoms with Crippen LogP contribution in [0.4, 0.5) is 10.5 Å². The number of hydrogen-bond acceptors (Lipinski definition) is 9. The Hall–Kier alpha value is -4.74. The largest absolute Gasteiger partial charge is 0.491 e. The van der Waals surface area contributed by atoms with Gasteiger partial charge >= 0.3 is 6.09 Å². The molecule has 0 saturated heterocycles. The molecule has 2 amide bonds. The van der Waals surface area contributed by atoms with Crippen molar-refractivity contribution in [2.75, 3.05) is 25.3 Å². The van der Waals surface area contributed by atoms with E-state index in [0.717, 1.165) is 0 Å². The van der Waals surface area contributed by atoms with Gasteiger partial charge in [0.05, 0.1) is 6.61 Å². The van der Waals surface area contributed by atoms with Gasteiger partial charge in [-0.3, -0.25) is 15.3 Å². The number of hydroxylamine groups is 1. The smallest absolute Gasteiger partial charge is 0.412 e. The molecule has 0 saturated carbocycles. The van der Waals surface area contributed by atoms with Gasteiger partial charge in [-0.1, -0.05) is 42.5 Å². The second-order valence-electron chi connectivity index (χ2n) is 8.55. The first-order chi connectivity index (χ1) is 19.6. The summed E-state index contributed by atoms with van der Waals surface area (Å²) in [7, 11) is 0. The number of aliphatic hydroxyl groups is 1. The number of nitrogens with one attached hydrogen (secondary N) is 2. The number of aliphatic hydroxyl groups excluding tert-OH is 1. The predicted molar refractivity (Wildman–Crippen MR) is 144 cm³/mol. The van der Waals surface area contributed by atoms with Gasteiger partial charge in [-0.2, -0.15) is 0 Å². The van der Waals surface area contributed by atoms with E-state index in [2.05, 4.69) is 5.32 Å². The maximum Gasteiger partial charge on any atom is 0.412 e. The zero-order chi connectivity index (χ0) is 28.2. The van der Waals surface area contributed by atoms with Gasteiger partial charge in [0.1, 0.15) is 24.2 Å². The van der Waals surface area contributed by atoms with E-state index in [-0.39, 0.29) is 20.0 Å². The molecule has 210 valence electrons. The molecule has 1 aliphatic heterocycles. The first kappa shape index (κ1) is 28.3. The molecule has 0 aliphatic carbocycles. The van der Waals surface area contributed by atoms with E-state index in [1.54, 1.807) is 66.2 Å². The lowest BCUT2D eigenvalue weighted by atomic mass is 9.99. The molecule has 1 heterocycles. The minimum Gasteiger partial charge on any atom is -0.491 e. The average molecular weight is 551 g/mol. The number of benzene rings is 3. The van der Waals surface area contributed by atoms with Crippen LogP contribution in [0.15, 0.2) is 84.9 Å². The van der Waals surface area contributed by atoms with Crippen molar-refractivity contribution in [1.82, 2.24) is 5.48 Å². The molecule has 3 aromatic carbocycles. The summed E-state index contributed by atoms with van der Waals surface area (Å²) < 4.78 is 28.7. The third-order valence-corrected chi connectivity index (χ3v) is 5.79. The van der Waals surface area contributed by atoms with Crippen molar-refractivity contribution in [3.8, 4) is 23.0 Å². The highest BCUT2D eigenvalue weighted by atomic mass is 16.7. The van der Waals surface area contributed by atoms with E-state index < -0.39 is 24.2 Å². The van der Waals surface area contributed by atoms with Gasteiger partial charge in [0.25, 0.3) is 5.91 Å². The molecule has 0 unspecified atom stereocenters. The van der Waals surface area contributed by atoms with E-state index in [9.17, 15) is 14.7 Å². The number of anilines is 1. The molecule has 11 heteroatoms. The van der Waals surface area contributed by atoms with E-state index in [1.807, 2.05) is 18.2 Å². The molecule has 1 aliphatic rings. The number of carbonyl (C=O) groups excluding carboxylic acids is 2. The Balaban J connectivity index is 1.63. The molecule has 40 heavy (non-hydrogen) atoms. The molecule has 4 N–H and O–H groups in total. The van der Waals surface area contributed by atoms with Gasteiger partial charge in [-0.05, 0) is 43.2 Å². The van der Waals surface area contributed by atoms with Crippen LogP contribution in [0.1, 0.15) is 24.5 Å². The van der Waals surface area contributed by atoms with Gasteiger partial charge in [0.15, 0.2) is 17.6 Å². The molecule has 2 atom stereocenters. The molecular formula is C29H30N2O9. The van der Waals surface area contributed by atoms with Crippen LogP contribution in [0.3, 0.4) is 0 Å². The van der Waals surface area contributed by atoms with Crippen LogP contribution in [-0.4, -0.2) is 48.4 Å². The van der Waals surface area contributed by atoms with Crippen molar-refractivity contribution in [2.45, 2.75) is 25.0 Å². The minimum atomic E-state index is -0.968. The van der Waals surface area contributed by atoms with Crippen LogP contribution in [-0.2, 0) is 9.53 Å². The van der Waals surface area contributed by atoms with E-state index >= 15 is 0 Å². The summed E-state index contributed by atoms with van der Waals surface area (Å²) in [6.07, 6.45) is 0.993. The van der Waals surface area contributed by atoms with E-state index in [1.165, 1.54) is 6.08 Å². The highest BCUT2D eigenvalue weighted by Crippen LogP contribution is 2.36. The lowest BCUT2D eigenvalue weighted by molar-refractivity contribution is -0.124. The summed E-state index contributed by atoms with van der Waals surface area (Å²) in [6.45, 7) is -0.0642. The zero-order valence-corrected chi connectivity index (χ0v) is 21.5. The number of allylic oxidation sites excluding steroid dienone is 1. The maximum atomic E-state index is 13.2. The highest BCUT2D eigenvalue weighted by molar-refractivity contribution is 5.86. The van der Waals surface area contributed by atoms with Crippen molar-refractivity contribution in [1.29, 1.82) is 0 Å².